The van der Waals surface area contributed by atoms with Crippen molar-refractivity contribution < 1.29 is 9.59 Å². The number of amides is 3. The van der Waals surface area contributed by atoms with Crippen LogP contribution < -0.4 is 10.6 Å². The number of imide groups is 1. The Bertz CT molecular complexity index is 470. The predicted octanol–water partition coefficient (Wildman–Crippen LogP) is 2.82. The number of hydrogen-bond donors (Lipinski definition) is 2. The van der Waals surface area contributed by atoms with E-state index in [0.717, 1.165) is 22.9 Å². The molecular formula is C12H13BrN2O2. The topological polar surface area (TPSA) is 58.2 Å². The molecule has 0 atom stereocenters. The third kappa shape index (κ3) is 3.30. The van der Waals surface area contributed by atoms with Crippen LogP contribution >= 0.6 is 15.9 Å². The summed E-state index contributed by atoms with van der Waals surface area (Å²) in [7, 11) is 0. The van der Waals surface area contributed by atoms with Crippen molar-refractivity contribution in [1.82, 2.24) is 5.32 Å². The molecule has 0 radical (unpaired) electrons. The lowest BCUT2D eigenvalue weighted by Crippen LogP contribution is -2.35. The van der Waals surface area contributed by atoms with E-state index in [-0.39, 0.29) is 11.8 Å². The van der Waals surface area contributed by atoms with Gasteiger partial charge in [-0.05, 0) is 43.5 Å². The SMILES string of the molecule is Cc1cc(NC(=O)NC(=O)C2CC2)ccc1Br. The Kier molecular flexibility index (Phi) is 3.47. The fraction of sp³-hybridized carbons (Fsp3) is 0.333. The second-order valence-electron chi connectivity index (χ2n) is 4.18. The maximum absolute atomic E-state index is 11.5. The van der Waals surface area contributed by atoms with Crippen molar-refractivity contribution in [2.75, 3.05) is 5.32 Å². The zero-order valence-electron chi connectivity index (χ0n) is 9.42. The first-order chi connectivity index (χ1) is 8.06. The lowest BCUT2D eigenvalue weighted by Gasteiger charge is -2.07. The smallest absolute Gasteiger partial charge is 0.308 e. The molecule has 0 unspecified atom stereocenters. The van der Waals surface area contributed by atoms with Gasteiger partial charge in [-0.15, -0.1) is 0 Å². The van der Waals surface area contributed by atoms with Crippen molar-refractivity contribution >= 4 is 33.6 Å². The monoisotopic (exact) mass is 296 g/mol. The Morgan fingerprint density at radius 3 is 2.65 bits per heavy atom. The molecule has 0 saturated heterocycles. The van der Waals surface area contributed by atoms with Gasteiger partial charge in [-0.2, -0.15) is 0 Å². The molecule has 1 aliphatic rings. The highest BCUT2D eigenvalue weighted by molar-refractivity contribution is 9.10. The Morgan fingerprint density at radius 1 is 1.35 bits per heavy atom. The molecule has 4 nitrogen and oxygen atoms in total. The summed E-state index contributed by atoms with van der Waals surface area (Å²) in [6.07, 6.45) is 1.77. The van der Waals surface area contributed by atoms with Crippen molar-refractivity contribution in [3.05, 3.63) is 28.2 Å². The molecule has 1 aromatic carbocycles. The third-order valence-corrected chi connectivity index (χ3v) is 3.49. The molecule has 90 valence electrons. The summed E-state index contributed by atoms with van der Waals surface area (Å²) in [4.78, 5) is 22.8. The van der Waals surface area contributed by atoms with Crippen LogP contribution in [-0.4, -0.2) is 11.9 Å². The number of rotatable bonds is 2. The van der Waals surface area contributed by atoms with E-state index in [1.165, 1.54) is 0 Å². The lowest BCUT2D eigenvalue weighted by molar-refractivity contribution is -0.121. The summed E-state index contributed by atoms with van der Waals surface area (Å²) in [5.74, 6) is -0.149. The number of nitrogens with one attached hydrogen (secondary N) is 2. The minimum absolute atomic E-state index is 0.0346. The minimum atomic E-state index is -0.469. The lowest BCUT2D eigenvalue weighted by atomic mass is 10.2. The van der Waals surface area contributed by atoms with Gasteiger partial charge in [0.25, 0.3) is 0 Å². The number of carbonyl (C=O) groups is 2. The van der Waals surface area contributed by atoms with Gasteiger partial charge >= 0.3 is 6.03 Å². The molecule has 0 aliphatic heterocycles. The standard InChI is InChI=1S/C12H13BrN2O2/c1-7-6-9(4-5-10(7)13)14-12(17)15-11(16)8-2-3-8/h4-6,8H,2-3H2,1H3,(H2,14,15,16,17). The molecule has 1 saturated carbocycles. The van der Waals surface area contributed by atoms with Crippen molar-refractivity contribution in [3.8, 4) is 0 Å². The first-order valence-corrected chi connectivity index (χ1v) is 6.23. The van der Waals surface area contributed by atoms with Crippen molar-refractivity contribution in [3.63, 3.8) is 0 Å². The molecule has 17 heavy (non-hydrogen) atoms. The average molecular weight is 297 g/mol. The molecule has 0 heterocycles. The summed E-state index contributed by atoms with van der Waals surface area (Å²) in [5.41, 5.74) is 1.70. The highest BCUT2D eigenvalue weighted by Crippen LogP contribution is 2.28. The zero-order valence-corrected chi connectivity index (χ0v) is 11.0. The number of benzene rings is 1. The van der Waals surface area contributed by atoms with Crippen molar-refractivity contribution in [2.45, 2.75) is 19.8 Å². The van der Waals surface area contributed by atoms with E-state index < -0.39 is 6.03 Å². The van der Waals surface area contributed by atoms with Gasteiger partial charge in [0.2, 0.25) is 5.91 Å². The Labute approximate surface area is 108 Å². The van der Waals surface area contributed by atoms with Gasteiger partial charge in [0.05, 0.1) is 0 Å². The Morgan fingerprint density at radius 2 is 2.06 bits per heavy atom. The van der Waals surface area contributed by atoms with E-state index in [9.17, 15) is 9.59 Å². The third-order valence-electron chi connectivity index (χ3n) is 2.60. The van der Waals surface area contributed by atoms with E-state index in [0.29, 0.717) is 5.69 Å². The van der Waals surface area contributed by atoms with Gasteiger partial charge in [0.1, 0.15) is 0 Å². The molecule has 2 rings (SSSR count). The predicted molar refractivity (Wildman–Crippen MR) is 68.8 cm³/mol. The summed E-state index contributed by atoms with van der Waals surface area (Å²) in [5, 5.41) is 4.96. The molecule has 2 N–H and O–H groups in total. The van der Waals surface area contributed by atoms with Crippen LogP contribution in [0.2, 0.25) is 0 Å². The molecule has 0 aromatic heterocycles. The molecule has 1 aromatic rings. The molecule has 5 heteroatoms. The van der Waals surface area contributed by atoms with Crippen LogP contribution in [0.25, 0.3) is 0 Å². The first-order valence-electron chi connectivity index (χ1n) is 5.44. The second kappa shape index (κ2) is 4.87. The van der Waals surface area contributed by atoms with E-state index in [4.69, 9.17) is 0 Å². The maximum atomic E-state index is 11.5. The summed E-state index contributed by atoms with van der Waals surface area (Å²) in [6.45, 7) is 1.93. The molecule has 0 bridgehead atoms. The summed E-state index contributed by atoms with van der Waals surface area (Å²) < 4.78 is 0.984. The molecule has 0 spiro atoms. The highest BCUT2D eigenvalue weighted by Gasteiger charge is 2.30. The van der Waals surface area contributed by atoms with Crippen LogP contribution in [0.5, 0.6) is 0 Å². The number of halogens is 1. The molecule has 3 amide bonds. The molecule has 1 aliphatic carbocycles. The number of carbonyl (C=O) groups excluding carboxylic acids is 2. The second-order valence-corrected chi connectivity index (χ2v) is 5.04. The fourth-order valence-corrected chi connectivity index (χ4v) is 1.69. The Balaban J connectivity index is 1.92. The molecular weight excluding hydrogens is 284 g/mol. The largest absolute Gasteiger partial charge is 0.325 e. The van der Waals surface area contributed by atoms with Gasteiger partial charge in [-0.1, -0.05) is 15.9 Å². The average Bonchev–Trinajstić information content (AvgIpc) is 3.06. The number of aryl methyl sites for hydroxylation is 1. The van der Waals surface area contributed by atoms with E-state index >= 15 is 0 Å². The normalized spacial score (nSPS) is 14.2. The zero-order chi connectivity index (χ0) is 12.4. The van der Waals surface area contributed by atoms with Crippen LogP contribution in [0.4, 0.5) is 10.5 Å². The van der Waals surface area contributed by atoms with Crippen LogP contribution in [-0.2, 0) is 4.79 Å². The number of hydrogen-bond acceptors (Lipinski definition) is 2. The van der Waals surface area contributed by atoms with Gasteiger partial charge in [-0.25, -0.2) is 4.79 Å². The van der Waals surface area contributed by atoms with Crippen LogP contribution in [0.15, 0.2) is 22.7 Å². The van der Waals surface area contributed by atoms with Gasteiger partial charge in [-0.3, -0.25) is 10.1 Å². The van der Waals surface area contributed by atoms with Crippen molar-refractivity contribution in [1.29, 1.82) is 0 Å². The van der Waals surface area contributed by atoms with E-state index in [1.54, 1.807) is 6.07 Å². The number of urea groups is 1. The van der Waals surface area contributed by atoms with Crippen LogP contribution in [0, 0.1) is 12.8 Å². The molecule has 1 fully saturated rings. The van der Waals surface area contributed by atoms with Crippen LogP contribution in [0.3, 0.4) is 0 Å². The highest BCUT2D eigenvalue weighted by atomic mass is 79.9. The number of anilines is 1. The van der Waals surface area contributed by atoms with Crippen molar-refractivity contribution in [2.24, 2.45) is 5.92 Å². The van der Waals surface area contributed by atoms with E-state index in [1.807, 2.05) is 19.1 Å². The summed E-state index contributed by atoms with van der Waals surface area (Å²) >= 11 is 3.38. The first kappa shape index (κ1) is 12.1. The minimum Gasteiger partial charge on any atom is -0.308 e. The quantitative estimate of drug-likeness (QED) is 0.882. The van der Waals surface area contributed by atoms with Gasteiger partial charge in [0, 0.05) is 16.1 Å². The summed E-state index contributed by atoms with van der Waals surface area (Å²) in [6, 6.07) is 5.00. The van der Waals surface area contributed by atoms with Crippen LogP contribution in [0.1, 0.15) is 18.4 Å². The van der Waals surface area contributed by atoms with Gasteiger partial charge in [0.15, 0.2) is 0 Å². The Hall–Kier alpha value is -1.36. The maximum Gasteiger partial charge on any atom is 0.325 e. The van der Waals surface area contributed by atoms with E-state index in [2.05, 4.69) is 26.6 Å². The van der Waals surface area contributed by atoms with Gasteiger partial charge < -0.3 is 5.32 Å². The fourth-order valence-electron chi connectivity index (χ4n) is 1.44.